The van der Waals surface area contributed by atoms with E-state index in [-0.39, 0.29) is 11.1 Å². The third-order valence-corrected chi connectivity index (χ3v) is 3.76. The first-order chi connectivity index (χ1) is 11.6. The van der Waals surface area contributed by atoms with Crippen LogP contribution < -0.4 is 5.73 Å². The Balaban J connectivity index is 1.77. The summed E-state index contributed by atoms with van der Waals surface area (Å²) in [5.41, 5.74) is 7.48. The van der Waals surface area contributed by atoms with Crippen molar-refractivity contribution in [3.05, 3.63) is 65.9 Å². The summed E-state index contributed by atoms with van der Waals surface area (Å²) >= 11 is 0. The highest BCUT2D eigenvalue weighted by Crippen LogP contribution is 2.29. The molecule has 2 heterocycles. The van der Waals surface area contributed by atoms with Crippen LogP contribution in [0.5, 0.6) is 0 Å². The van der Waals surface area contributed by atoms with Gasteiger partial charge in [0, 0.05) is 5.56 Å². The molecule has 3 aromatic rings. The number of rotatable bonds is 3. The Hall–Kier alpha value is -3.35. The van der Waals surface area contributed by atoms with Crippen LogP contribution >= 0.6 is 0 Å². The molecule has 0 spiro atoms. The van der Waals surface area contributed by atoms with Crippen molar-refractivity contribution in [1.29, 1.82) is 0 Å². The van der Waals surface area contributed by atoms with Gasteiger partial charge in [0.2, 0.25) is 0 Å². The van der Waals surface area contributed by atoms with Gasteiger partial charge in [-0.2, -0.15) is 0 Å². The van der Waals surface area contributed by atoms with Crippen molar-refractivity contribution < 1.29 is 18.7 Å². The molecule has 0 fully saturated rings. The molecular formula is C17H12FN3O3. The number of carbonyl (C=O) groups excluding carboxylic acids is 1. The molecule has 1 amide bonds. The number of aromatic nitrogens is 2. The molecule has 1 aliphatic heterocycles. The second-order valence-electron chi connectivity index (χ2n) is 5.27. The zero-order valence-corrected chi connectivity index (χ0v) is 12.3. The average molecular weight is 325 g/mol. The van der Waals surface area contributed by atoms with Crippen molar-refractivity contribution in [3.8, 4) is 11.4 Å². The highest BCUT2D eigenvalue weighted by molar-refractivity contribution is 6.04. The number of amides is 1. The summed E-state index contributed by atoms with van der Waals surface area (Å²) in [6, 6.07) is 9.61. The zero-order valence-electron chi connectivity index (χ0n) is 12.3. The van der Waals surface area contributed by atoms with Gasteiger partial charge in [-0.05, 0) is 24.3 Å². The number of aromatic amines is 1. The molecule has 3 N–H and O–H groups in total. The molecule has 0 atom stereocenters. The number of hydrogen-bond acceptors (Lipinski definition) is 4. The summed E-state index contributed by atoms with van der Waals surface area (Å²) in [4.78, 5) is 18.8. The van der Waals surface area contributed by atoms with Gasteiger partial charge >= 0.3 is 0 Å². The fourth-order valence-electron chi connectivity index (χ4n) is 2.62. The van der Waals surface area contributed by atoms with Crippen LogP contribution in [0.1, 0.15) is 22.2 Å². The van der Waals surface area contributed by atoms with Gasteiger partial charge in [-0.3, -0.25) is 4.79 Å². The summed E-state index contributed by atoms with van der Waals surface area (Å²) in [5, 5.41) is 0. The van der Waals surface area contributed by atoms with E-state index >= 15 is 0 Å². The molecule has 0 unspecified atom stereocenters. The largest absolute Gasteiger partial charge is 0.455 e. The predicted octanol–water partition coefficient (Wildman–Crippen LogP) is 2.98. The Morgan fingerprint density at radius 1 is 1.21 bits per heavy atom. The van der Waals surface area contributed by atoms with E-state index in [1.807, 2.05) is 0 Å². The monoisotopic (exact) mass is 325 g/mol. The number of carbonyl (C=O) groups is 1. The van der Waals surface area contributed by atoms with E-state index in [9.17, 15) is 9.18 Å². The van der Waals surface area contributed by atoms with Crippen LogP contribution in [-0.2, 0) is 9.47 Å². The average Bonchev–Trinajstić information content (AvgIpc) is 3.23. The third kappa shape index (κ3) is 2.26. The molecule has 2 aromatic carbocycles. The Labute approximate surface area is 135 Å². The highest BCUT2D eigenvalue weighted by Gasteiger charge is 2.19. The minimum atomic E-state index is -0.648. The van der Waals surface area contributed by atoms with Crippen LogP contribution in [0.15, 0.2) is 48.9 Å². The fraction of sp³-hybridized carbons (Fsp3) is 0.0588. The van der Waals surface area contributed by atoms with E-state index in [2.05, 4.69) is 9.97 Å². The van der Waals surface area contributed by atoms with Gasteiger partial charge < -0.3 is 20.2 Å². The van der Waals surface area contributed by atoms with E-state index in [0.717, 1.165) is 0 Å². The summed E-state index contributed by atoms with van der Waals surface area (Å²) in [6.07, 6.45) is 2.16. The Morgan fingerprint density at radius 3 is 2.71 bits per heavy atom. The topological polar surface area (TPSA) is 90.2 Å². The van der Waals surface area contributed by atoms with E-state index in [1.165, 1.54) is 18.6 Å². The Kier molecular flexibility index (Phi) is 3.19. The van der Waals surface area contributed by atoms with Crippen LogP contribution in [0.2, 0.25) is 0 Å². The molecule has 0 aliphatic carbocycles. The highest BCUT2D eigenvalue weighted by atomic mass is 19.1. The van der Waals surface area contributed by atoms with Gasteiger partial charge in [-0.15, -0.1) is 0 Å². The van der Waals surface area contributed by atoms with E-state index in [4.69, 9.17) is 15.2 Å². The van der Waals surface area contributed by atoms with Crippen molar-refractivity contribution in [1.82, 2.24) is 9.97 Å². The molecule has 1 aromatic heterocycles. The number of ether oxygens (including phenoxy) is 2. The Morgan fingerprint density at radius 2 is 2.00 bits per heavy atom. The van der Waals surface area contributed by atoms with Gasteiger partial charge in [0.05, 0.1) is 16.6 Å². The molecule has 120 valence electrons. The van der Waals surface area contributed by atoms with Crippen LogP contribution in [-0.4, -0.2) is 15.9 Å². The number of nitrogens with zero attached hydrogens (tertiary/aromatic N) is 1. The maximum Gasteiger partial charge on any atom is 0.266 e. The van der Waals surface area contributed by atoms with Crippen molar-refractivity contribution in [2.24, 2.45) is 5.73 Å². The molecule has 0 saturated carbocycles. The van der Waals surface area contributed by atoms with Gasteiger partial charge in [-0.1, -0.05) is 12.1 Å². The smallest absolute Gasteiger partial charge is 0.266 e. The number of H-pyrrole nitrogens is 1. The molecule has 6 nitrogen and oxygen atoms in total. The lowest BCUT2D eigenvalue weighted by atomic mass is 10.1. The standard InChI is InChI=1S/C17H12FN3O3/c18-12-8-9(17-23-6-7-24-17)4-5-10(12)16-20-13-3-1-2-11(15(19)22)14(13)21-16/h1-8,17H,(H2,19,22)(H,20,21). The minimum Gasteiger partial charge on any atom is -0.455 e. The Bertz CT molecular complexity index is 972. The zero-order chi connectivity index (χ0) is 16.7. The van der Waals surface area contributed by atoms with Gasteiger partial charge in [0.1, 0.15) is 29.7 Å². The van der Waals surface area contributed by atoms with Crippen LogP contribution in [0.4, 0.5) is 4.39 Å². The summed E-state index contributed by atoms with van der Waals surface area (Å²) in [5.74, 6) is -0.752. The van der Waals surface area contributed by atoms with E-state index < -0.39 is 18.0 Å². The number of primary amides is 1. The number of fused-ring (bicyclic) bond motifs is 1. The number of nitrogens with two attached hydrogens (primary N) is 1. The lowest BCUT2D eigenvalue weighted by molar-refractivity contribution is -0.0247. The first-order valence-electron chi connectivity index (χ1n) is 7.18. The minimum absolute atomic E-state index is 0.274. The number of halogens is 1. The van der Waals surface area contributed by atoms with Crippen molar-refractivity contribution in [2.75, 3.05) is 0 Å². The maximum atomic E-state index is 14.5. The lowest BCUT2D eigenvalue weighted by Gasteiger charge is -2.11. The number of hydrogen-bond donors (Lipinski definition) is 2. The van der Waals surface area contributed by atoms with Crippen molar-refractivity contribution in [2.45, 2.75) is 6.29 Å². The summed E-state index contributed by atoms with van der Waals surface area (Å²) in [7, 11) is 0. The van der Waals surface area contributed by atoms with E-state index in [1.54, 1.807) is 30.3 Å². The normalized spacial score (nSPS) is 13.9. The molecule has 0 radical (unpaired) electrons. The molecule has 7 heteroatoms. The number of imidazole rings is 1. The molecule has 0 bridgehead atoms. The van der Waals surface area contributed by atoms with E-state index in [0.29, 0.717) is 22.4 Å². The SMILES string of the molecule is NC(=O)c1cccc2[nH]c(-c3ccc(C4OC=CO4)cc3F)nc12. The number of para-hydroxylation sites is 1. The quantitative estimate of drug-likeness (QED) is 0.774. The molecule has 4 rings (SSSR count). The number of nitrogens with one attached hydrogen (secondary N) is 1. The van der Waals surface area contributed by atoms with Crippen LogP contribution in [0.25, 0.3) is 22.4 Å². The summed E-state index contributed by atoms with van der Waals surface area (Å²) in [6.45, 7) is 0. The maximum absolute atomic E-state index is 14.5. The number of benzene rings is 2. The molecule has 1 aliphatic rings. The molecular weight excluding hydrogens is 313 g/mol. The van der Waals surface area contributed by atoms with Crippen molar-refractivity contribution in [3.63, 3.8) is 0 Å². The second kappa shape index (κ2) is 5.38. The predicted molar refractivity (Wildman–Crippen MR) is 84.1 cm³/mol. The van der Waals surface area contributed by atoms with Crippen molar-refractivity contribution >= 4 is 16.9 Å². The van der Waals surface area contributed by atoms with Crippen LogP contribution in [0, 0.1) is 5.82 Å². The van der Waals surface area contributed by atoms with Gasteiger partial charge in [0.15, 0.2) is 0 Å². The molecule has 0 saturated heterocycles. The van der Waals surface area contributed by atoms with Crippen LogP contribution in [0.3, 0.4) is 0 Å². The van der Waals surface area contributed by atoms with Gasteiger partial charge in [-0.25, -0.2) is 9.37 Å². The molecule has 24 heavy (non-hydrogen) atoms. The van der Waals surface area contributed by atoms with Gasteiger partial charge in [0.25, 0.3) is 12.2 Å². The first kappa shape index (κ1) is 14.3. The first-order valence-corrected chi connectivity index (χ1v) is 7.18. The fourth-order valence-corrected chi connectivity index (χ4v) is 2.62. The lowest BCUT2D eigenvalue weighted by Crippen LogP contribution is -2.11. The third-order valence-electron chi connectivity index (χ3n) is 3.76. The second-order valence-corrected chi connectivity index (χ2v) is 5.27. The summed E-state index contributed by atoms with van der Waals surface area (Å²) < 4.78 is 24.9.